The van der Waals surface area contributed by atoms with Gasteiger partial charge in [-0.2, -0.15) is 10.2 Å². The third kappa shape index (κ3) is 3.85. The first kappa shape index (κ1) is 18.8. The topological polar surface area (TPSA) is 73.5 Å². The average molecular weight is 458 g/mol. The summed E-state index contributed by atoms with van der Waals surface area (Å²) in [5.74, 6) is 0.750. The van der Waals surface area contributed by atoms with E-state index in [4.69, 9.17) is 0 Å². The normalized spacial score (nSPS) is 12.3. The van der Waals surface area contributed by atoms with E-state index >= 15 is 0 Å². The second-order valence-electron chi connectivity index (χ2n) is 6.56. The van der Waals surface area contributed by atoms with Crippen molar-refractivity contribution >= 4 is 38.2 Å². The number of rotatable bonds is 6. The summed E-state index contributed by atoms with van der Waals surface area (Å²) in [4.78, 5) is 0. The summed E-state index contributed by atoms with van der Waals surface area (Å²) in [6.07, 6.45) is 1.95. The number of nitrogens with zero attached hydrogens (tertiary/aromatic N) is 6. The molecule has 0 aliphatic carbocycles. The molecule has 28 heavy (non-hydrogen) atoms. The Morgan fingerprint density at radius 3 is 2.61 bits per heavy atom. The quantitative estimate of drug-likeness (QED) is 0.453. The molecule has 1 aromatic carbocycles. The van der Waals surface area contributed by atoms with E-state index in [1.165, 1.54) is 16.9 Å². The van der Waals surface area contributed by atoms with Gasteiger partial charge in [0.2, 0.25) is 5.13 Å². The van der Waals surface area contributed by atoms with Crippen molar-refractivity contribution in [1.82, 2.24) is 29.8 Å². The number of anilines is 2. The molecule has 0 radical (unpaired) electrons. The SMILES string of the molecule is Cc1nn([C@H](C)c2nnc(Nc3ccn(Cc4ccccc4)n3)s2)c(C)c1Br. The lowest BCUT2D eigenvalue weighted by Gasteiger charge is -2.10. The largest absolute Gasteiger partial charge is 0.313 e. The lowest BCUT2D eigenvalue weighted by molar-refractivity contribution is 0.540. The van der Waals surface area contributed by atoms with E-state index in [-0.39, 0.29) is 6.04 Å². The minimum atomic E-state index is 0.00804. The number of nitrogens with one attached hydrogen (secondary N) is 1. The van der Waals surface area contributed by atoms with Crippen molar-refractivity contribution in [2.75, 3.05) is 5.32 Å². The molecule has 0 fully saturated rings. The molecule has 1 atom stereocenters. The first-order valence-electron chi connectivity index (χ1n) is 8.90. The van der Waals surface area contributed by atoms with E-state index in [9.17, 15) is 0 Å². The minimum Gasteiger partial charge on any atom is -0.313 e. The summed E-state index contributed by atoms with van der Waals surface area (Å²) < 4.78 is 4.90. The highest BCUT2D eigenvalue weighted by atomic mass is 79.9. The van der Waals surface area contributed by atoms with Gasteiger partial charge in [0.15, 0.2) is 5.82 Å². The van der Waals surface area contributed by atoms with Crippen LogP contribution < -0.4 is 5.32 Å². The smallest absolute Gasteiger partial charge is 0.211 e. The molecule has 9 heteroatoms. The van der Waals surface area contributed by atoms with Gasteiger partial charge in [0, 0.05) is 12.3 Å². The Balaban J connectivity index is 1.46. The summed E-state index contributed by atoms with van der Waals surface area (Å²) in [6, 6.07) is 12.2. The Hall–Kier alpha value is -2.52. The predicted molar refractivity (Wildman–Crippen MR) is 114 cm³/mol. The number of hydrogen-bond donors (Lipinski definition) is 1. The molecule has 3 heterocycles. The lowest BCUT2D eigenvalue weighted by Crippen LogP contribution is -2.10. The van der Waals surface area contributed by atoms with Gasteiger partial charge in [-0.05, 0) is 42.3 Å². The summed E-state index contributed by atoms with van der Waals surface area (Å²) in [5.41, 5.74) is 3.26. The van der Waals surface area contributed by atoms with Crippen molar-refractivity contribution in [3.8, 4) is 0 Å². The van der Waals surface area contributed by atoms with Gasteiger partial charge in [-0.1, -0.05) is 41.7 Å². The van der Waals surface area contributed by atoms with Crippen LogP contribution in [0.4, 0.5) is 10.9 Å². The van der Waals surface area contributed by atoms with Crippen LogP contribution in [0.3, 0.4) is 0 Å². The van der Waals surface area contributed by atoms with Crippen LogP contribution in [0.2, 0.25) is 0 Å². The zero-order chi connectivity index (χ0) is 19.7. The van der Waals surface area contributed by atoms with Crippen LogP contribution in [-0.2, 0) is 6.54 Å². The van der Waals surface area contributed by atoms with E-state index in [0.29, 0.717) is 5.13 Å². The molecular weight excluding hydrogens is 438 g/mol. The zero-order valence-electron chi connectivity index (χ0n) is 15.8. The van der Waals surface area contributed by atoms with Crippen LogP contribution >= 0.6 is 27.3 Å². The van der Waals surface area contributed by atoms with Crippen molar-refractivity contribution in [2.45, 2.75) is 33.4 Å². The van der Waals surface area contributed by atoms with Gasteiger partial charge in [0.25, 0.3) is 0 Å². The summed E-state index contributed by atoms with van der Waals surface area (Å²) in [6.45, 7) is 6.83. The third-order valence-corrected chi connectivity index (χ3v) is 6.62. The molecule has 0 aliphatic heterocycles. The van der Waals surface area contributed by atoms with Gasteiger partial charge in [-0.3, -0.25) is 9.36 Å². The molecule has 0 saturated carbocycles. The Morgan fingerprint density at radius 1 is 1.11 bits per heavy atom. The van der Waals surface area contributed by atoms with Crippen molar-refractivity contribution in [3.05, 3.63) is 69.0 Å². The fourth-order valence-corrected chi connectivity index (χ4v) is 4.02. The van der Waals surface area contributed by atoms with Crippen LogP contribution in [0.25, 0.3) is 0 Å². The molecule has 0 aliphatic rings. The molecule has 0 unspecified atom stereocenters. The van der Waals surface area contributed by atoms with E-state index in [1.54, 1.807) is 0 Å². The van der Waals surface area contributed by atoms with Crippen LogP contribution in [0.15, 0.2) is 47.1 Å². The van der Waals surface area contributed by atoms with Crippen molar-refractivity contribution < 1.29 is 0 Å². The van der Waals surface area contributed by atoms with Gasteiger partial charge in [0.05, 0.1) is 22.4 Å². The van der Waals surface area contributed by atoms with Gasteiger partial charge in [0.1, 0.15) is 11.0 Å². The second-order valence-corrected chi connectivity index (χ2v) is 8.36. The molecule has 1 N–H and O–H groups in total. The number of aryl methyl sites for hydroxylation is 1. The molecule has 0 spiro atoms. The molecule has 0 saturated heterocycles. The fraction of sp³-hybridized carbons (Fsp3) is 0.263. The number of halogens is 1. The van der Waals surface area contributed by atoms with Crippen molar-refractivity contribution in [3.63, 3.8) is 0 Å². The number of hydrogen-bond acceptors (Lipinski definition) is 6. The van der Waals surface area contributed by atoms with Gasteiger partial charge < -0.3 is 5.32 Å². The molecule has 4 aromatic rings. The average Bonchev–Trinajstić information content (AvgIpc) is 3.40. The van der Waals surface area contributed by atoms with Crippen LogP contribution in [0.5, 0.6) is 0 Å². The van der Waals surface area contributed by atoms with Gasteiger partial charge >= 0.3 is 0 Å². The molecular formula is C19H20BrN7S. The number of benzene rings is 1. The maximum atomic E-state index is 4.60. The maximum Gasteiger partial charge on any atom is 0.211 e. The van der Waals surface area contributed by atoms with E-state index in [1.807, 2.05) is 53.7 Å². The minimum absolute atomic E-state index is 0.00804. The predicted octanol–water partition coefficient (Wildman–Crippen LogP) is 4.71. The highest BCUT2D eigenvalue weighted by Gasteiger charge is 2.19. The Morgan fingerprint density at radius 2 is 1.89 bits per heavy atom. The van der Waals surface area contributed by atoms with Crippen LogP contribution in [0, 0.1) is 13.8 Å². The molecule has 3 aromatic heterocycles. The van der Waals surface area contributed by atoms with Crippen LogP contribution in [0.1, 0.15) is 34.9 Å². The zero-order valence-corrected chi connectivity index (χ0v) is 18.2. The first-order chi connectivity index (χ1) is 13.5. The monoisotopic (exact) mass is 457 g/mol. The molecule has 4 rings (SSSR count). The molecule has 144 valence electrons. The van der Waals surface area contributed by atoms with Crippen molar-refractivity contribution in [1.29, 1.82) is 0 Å². The Labute approximate surface area is 175 Å². The molecule has 7 nitrogen and oxygen atoms in total. The Kier molecular flexibility index (Phi) is 5.27. The summed E-state index contributed by atoms with van der Waals surface area (Å²) >= 11 is 5.09. The van der Waals surface area contributed by atoms with Crippen molar-refractivity contribution in [2.24, 2.45) is 0 Å². The molecule has 0 bridgehead atoms. The highest BCUT2D eigenvalue weighted by Crippen LogP contribution is 2.29. The highest BCUT2D eigenvalue weighted by molar-refractivity contribution is 9.10. The van der Waals surface area contributed by atoms with E-state index in [0.717, 1.165) is 33.2 Å². The van der Waals surface area contributed by atoms with E-state index in [2.05, 4.69) is 60.7 Å². The van der Waals surface area contributed by atoms with Crippen LogP contribution in [-0.4, -0.2) is 29.8 Å². The molecule has 0 amide bonds. The van der Waals surface area contributed by atoms with E-state index < -0.39 is 0 Å². The maximum absolute atomic E-state index is 4.60. The lowest BCUT2D eigenvalue weighted by atomic mass is 10.2. The first-order valence-corrected chi connectivity index (χ1v) is 10.5. The standard InChI is InChI=1S/C19H20BrN7S/c1-12-17(20)13(2)27(24-12)14(3)18-22-23-19(28-18)21-16-9-10-26(25-16)11-15-7-5-4-6-8-15/h4-10,14H,11H2,1-3H3,(H,21,23,25)/t14-/m1/s1. The number of aromatic nitrogens is 6. The fourth-order valence-electron chi connectivity index (χ4n) is 2.97. The van der Waals surface area contributed by atoms with Gasteiger partial charge in [-0.25, -0.2) is 0 Å². The summed E-state index contributed by atoms with van der Waals surface area (Å²) in [5, 5.41) is 22.6. The Bertz CT molecular complexity index is 1080. The van der Waals surface area contributed by atoms with Gasteiger partial charge in [-0.15, -0.1) is 10.2 Å². The third-order valence-electron chi connectivity index (χ3n) is 4.46. The summed E-state index contributed by atoms with van der Waals surface area (Å²) in [7, 11) is 0. The second kappa shape index (κ2) is 7.84.